The molecule has 0 bridgehead atoms. The maximum Gasteiger partial charge on any atom is 0.269 e. The highest BCUT2D eigenvalue weighted by Crippen LogP contribution is 2.37. The number of sulfonamides is 1. The molecule has 150 valence electrons. The Labute approximate surface area is 187 Å². The van der Waals surface area contributed by atoms with Crippen molar-refractivity contribution < 1.29 is 8.42 Å². The first-order chi connectivity index (χ1) is 14.5. The van der Waals surface area contributed by atoms with Crippen molar-refractivity contribution >= 4 is 61.2 Å². The van der Waals surface area contributed by atoms with E-state index in [-0.39, 0.29) is 4.90 Å². The molecule has 1 atom stereocenters. The molecule has 0 saturated heterocycles. The molecule has 0 radical (unpaired) electrons. The number of fused-ring (bicyclic) bond motifs is 2. The van der Waals surface area contributed by atoms with E-state index in [0.717, 1.165) is 25.7 Å². The first-order valence-corrected chi connectivity index (χ1v) is 11.8. The number of halogens is 1. The van der Waals surface area contributed by atoms with Crippen LogP contribution in [0.25, 0.3) is 10.9 Å². The Kier molecular flexibility index (Phi) is 4.75. The van der Waals surface area contributed by atoms with Crippen molar-refractivity contribution in [3.63, 3.8) is 0 Å². The number of nitrogens with zero attached hydrogens (tertiary/aromatic N) is 2. The van der Waals surface area contributed by atoms with E-state index in [9.17, 15) is 8.42 Å². The number of anilines is 2. The second-order valence-electron chi connectivity index (χ2n) is 6.91. The van der Waals surface area contributed by atoms with Crippen LogP contribution in [0.3, 0.4) is 0 Å². The fourth-order valence-electron chi connectivity index (χ4n) is 3.53. The van der Waals surface area contributed by atoms with Crippen LogP contribution < -0.4 is 9.62 Å². The average Bonchev–Trinajstić information content (AvgIpc) is 3.22. The zero-order valence-corrected chi connectivity index (χ0v) is 18.6. The Balaban J connectivity index is 1.55. The molecule has 0 fully saturated rings. The summed E-state index contributed by atoms with van der Waals surface area (Å²) in [6.07, 6.45) is 2.90. The Hall–Kier alpha value is -2.85. The maximum absolute atomic E-state index is 13.2. The molecule has 4 aromatic rings. The molecule has 1 aliphatic rings. The zero-order chi connectivity index (χ0) is 20.7. The van der Waals surface area contributed by atoms with Gasteiger partial charge >= 0.3 is 0 Å². The standard InChI is InChI=1S/C22H17IN4O2S/c23-16-6-9-21-19(13-16)22(26-17-7-8-20-15(12-17)10-11-24-20)25-14-27(21)30(28,29)18-4-2-1-3-5-18/h1-14,22,24,26H. The summed E-state index contributed by atoms with van der Waals surface area (Å²) in [7, 11) is -3.76. The van der Waals surface area contributed by atoms with E-state index in [4.69, 9.17) is 0 Å². The number of hydrogen-bond acceptors (Lipinski definition) is 4. The van der Waals surface area contributed by atoms with E-state index in [1.54, 1.807) is 30.3 Å². The van der Waals surface area contributed by atoms with Crippen molar-refractivity contribution in [3.8, 4) is 0 Å². The van der Waals surface area contributed by atoms with Crippen molar-refractivity contribution in [1.29, 1.82) is 0 Å². The predicted molar refractivity (Wildman–Crippen MR) is 128 cm³/mol. The van der Waals surface area contributed by atoms with Crippen LogP contribution in [0.4, 0.5) is 11.4 Å². The van der Waals surface area contributed by atoms with Crippen LogP contribution in [0.15, 0.2) is 88.9 Å². The third-order valence-corrected chi connectivity index (χ3v) is 7.35. The molecule has 8 heteroatoms. The SMILES string of the molecule is O=S(=O)(c1ccccc1)N1C=NC(Nc2ccc3[nH]ccc3c2)c2cc(I)ccc21. The van der Waals surface area contributed by atoms with Gasteiger partial charge in [0, 0.05) is 31.9 Å². The molecular formula is C22H17IN4O2S. The molecule has 2 N–H and O–H groups in total. The lowest BCUT2D eigenvalue weighted by Crippen LogP contribution is -2.34. The van der Waals surface area contributed by atoms with Crippen LogP contribution >= 0.6 is 22.6 Å². The van der Waals surface area contributed by atoms with E-state index in [1.165, 1.54) is 10.6 Å². The first kappa shape index (κ1) is 19.1. The van der Waals surface area contributed by atoms with Gasteiger partial charge in [0.2, 0.25) is 0 Å². The first-order valence-electron chi connectivity index (χ1n) is 9.28. The third kappa shape index (κ3) is 3.35. The summed E-state index contributed by atoms with van der Waals surface area (Å²) in [5, 5.41) is 4.51. The topological polar surface area (TPSA) is 77.6 Å². The van der Waals surface area contributed by atoms with Crippen molar-refractivity contribution in [1.82, 2.24) is 4.98 Å². The highest BCUT2D eigenvalue weighted by atomic mass is 127. The van der Waals surface area contributed by atoms with Crippen LogP contribution in [0, 0.1) is 3.57 Å². The summed E-state index contributed by atoms with van der Waals surface area (Å²) < 4.78 is 28.7. The summed E-state index contributed by atoms with van der Waals surface area (Å²) in [5.74, 6) is 0. The van der Waals surface area contributed by atoms with Crippen LogP contribution in [-0.4, -0.2) is 19.7 Å². The van der Waals surface area contributed by atoms with Gasteiger partial charge < -0.3 is 10.3 Å². The highest BCUT2D eigenvalue weighted by molar-refractivity contribution is 14.1. The van der Waals surface area contributed by atoms with Crippen LogP contribution in [0.1, 0.15) is 11.7 Å². The van der Waals surface area contributed by atoms with Gasteiger partial charge in [-0.15, -0.1) is 0 Å². The molecule has 0 spiro atoms. The van der Waals surface area contributed by atoms with Gasteiger partial charge in [0.25, 0.3) is 10.0 Å². The Morgan fingerprint density at radius 1 is 1.00 bits per heavy atom. The van der Waals surface area contributed by atoms with Crippen molar-refractivity contribution in [3.05, 3.63) is 88.1 Å². The third-order valence-electron chi connectivity index (χ3n) is 5.00. The van der Waals surface area contributed by atoms with E-state index in [2.05, 4.69) is 37.9 Å². The molecule has 0 amide bonds. The van der Waals surface area contributed by atoms with Gasteiger partial charge in [-0.05, 0) is 77.2 Å². The van der Waals surface area contributed by atoms with Crippen LogP contribution in [0.2, 0.25) is 0 Å². The number of H-pyrrole nitrogens is 1. The molecule has 1 unspecified atom stereocenters. The molecule has 1 aliphatic heterocycles. The maximum atomic E-state index is 13.2. The molecule has 6 nitrogen and oxygen atoms in total. The van der Waals surface area contributed by atoms with Gasteiger partial charge in [-0.1, -0.05) is 18.2 Å². The molecule has 0 aliphatic carbocycles. The molecule has 30 heavy (non-hydrogen) atoms. The average molecular weight is 528 g/mol. The number of nitrogens with one attached hydrogen (secondary N) is 2. The normalized spacial score (nSPS) is 15.9. The largest absolute Gasteiger partial charge is 0.361 e. The van der Waals surface area contributed by atoms with Crippen molar-refractivity contribution in [2.45, 2.75) is 11.1 Å². The Bertz CT molecular complexity index is 1370. The number of aromatic amines is 1. The number of benzene rings is 3. The van der Waals surface area contributed by atoms with E-state index < -0.39 is 16.2 Å². The molecule has 0 saturated carbocycles. The Morgan fingerprint density at radius 3 is 2.67 bits per heavy atom. The molecular weight excluding hydrogens is 511 g/mol. The van der Waals surface area contributed by atoms with Gasteiger partial charge in [-0.2, -0.15) is 0 Å². The van der Waals surface area contributed by atoms with Gasteiger partial charge in [-0.25, -0.2) is 17.7 Å². The second-order valence-corrected chi connectivity index (χ2v) is 9.97. The number of rotatable bonds is 4. The lowest BCUT2D eigenvalue weighted by atomic mass is 10.1. The number of hydrogen-bond donors (Lipinski definition) is 2. The summed E-state index contributed by atoms with van der Waals surface area (Å²) >= 11 is 2.23. The molecule has 5 rings (SSSR count). The summed E-state index contributed by atoms with van der Waals surface area (Å²) in [4.78, 5) is 7.95. The monoisotopic (exact) mass is 528 g/mol. The van der Waals surface area contributed by atoms with E-state index in [0.29, 0.717) is 5.69 Å². The fraction of sp³-hybridized carbons (Fsp3) is 0.0455. The second kappa shape index (κ2) is 7.44. The quantitative estimate of drug-likeness (QED) is 0.361. The van der Waals surface area contributed by atoms with Crippen molar-refractivity contribution in [2.75, 3.05) is 9.62 Å². The zero-order valence-electron chi connectivity index (χ0n) is 15.7. The summed E-state index contributed by atoms with van der Waals surface area (Å²) in [6, 6.07) is 22.1. The van der Waals surface area contributed by atoms with Gasteiger partial charge in [0.05, 0.1) is 10.6 Å². The minimum atomic E-state index is -3.76. The predicted octanol–water partition coefficient (Wildman–Crippen LogP) is 5.12. The fourth-order valence-corrected chi connectivity index (χ4v) is 5.38. The van der Waals surface area contributed by atoms with Gasteiger partial charge in [0.15, 0.2) is 0 Å². The lowest BCUT2D eigenvalue weighted by molar-refractivity contribution is 0.596. The number of aliphatic imine (C=N–C) groups is 1. The molecule has 3 aromatic carbocycles. The smallest absolute Gasteiger partial charge is 0.269 e. The minimum Gasteiger partial charge on any atom is -0.361 e. The Morgan fingerprint density at radius 2 is 1.83 bits per heavy atom. The van der Waals surface area contributed by atoms with Gasteiger partial charge in [-0.3, -0.25) is 0 Å². The van der Waals surface area contributed by atoms with Gasteiger partial charge in [0.1, 0.15) is 12.5 Å². The van der Waals surface area contributed by atoms with E-state index in [1.807, 2.05) is 48.7 Å². The van der Waals surface area contributed by atoms with Crippen molar-refractivity contribution in [2.24, 2.45) is 4.99 Å². The molecule has 1 aromatic heterocycles. The lowest BCUT2D eigenvalue weighted by Gasteiger charge is -2.30. The number of aromatic nitrogens is 1. The van der Waals surface area contributed by atoms with E-state index >= 15 is 0 Å². The summed E-state index contributed by atoms with van der Waals surface area (Å²) in [5.41, 5.74) is 3.36. The highest BCUT2D eigenvalue weighted by Gasteiger charge is 2.31. The summed E-state index contributed by atoms with van der Waals surface area (Å²) in [6.45, 7) is 0. The van der Waals surface area contributed by atoms with Crippen LogP contribution in [0.5, 0.6) is 0 Å². The van der Waals surface area contributed by atoms with Crippen LogP contribution in [-0.2, 0) is 10.0 Å². The minimum absolute atomic E-state index is 0.227. The molecule has 2 heterocycles.